The van der Waals surface area contributed by atoms with E-state index >= 15 is 0 Å². The molecular formula is C22H23N3O. The molecule has 1 heterocycles. The first kappa shape index (κ1) is 17.7. The average Bonchev–Trinajstić information content (AvgIpc) is 3.04. The fourth-order valence-electron chi connectivity index (χ4n) is 2.78. The third-order valence-corrected chi connectivity index (χ3v) is 3.94. The number of benzene rings is 2. The maximum atomic E-state index is 12.0. The Morgan fingerprint density at radius 3 is 2.35 bits per heavy atom. The Morgan fingerprint density at radius 2 is 1.69 bits per heavy atom. The molecule has 1 aromatic heterocycles. The zero-order valence-corrected chi connectivity index (χ0v) is 15.1. The van der Waals surface area contributed by atoms with Crippen molar-refractivity contribution >= 4 is 5.91 Å². The van der Waals surface area contributed by atoms with Crippen LogP contribution in [-0.2, 0) is 17.9 Å². The van der Waals surface area contributed by atoms with Gasteiger partial charge in [-0.25, -0.2) is 0 Å². The van der Waals surface area contributed by atoms with Crippen LogP contribution in [0, 0.1) is 0 Å². The van der Waals surface area contributed by atoms with Crippen molar-refractivity contribution in [1.82, 2.24) is 15.1 Å². The Bertz CT molecular complexity index is 892. The van der Waals surface area contributed by atoms with Crippen molar-refractivity contribution in [3.05, 3.63) is 89.6 Å². The summed E-state index contributed by atoms with van der Waals surface area (Å²) in [5.41, 5.74) is 5.12. The number of carbonyl (C=O) groups excluding carboxylic acids is 1. The molecule has 2 aromatic carbocycles. The van der Waals surface area contributed by atoms with E-state index in [0.29, 0.717) is 13.1 Å². The normalized spacial score (nSPS) is 10.4. The maximum absolute atomic E-state index is 12.0. The second kappa shape index (κ2) is 8.30. The molecule has 1 N–H and O–H groups in total. The average molecular weight is 345 g/mol. The van der Waals surface area contributed by atoms with E-state index in [2.05, 4.69) is 17.4 Å². The minimum Gasteiger partial charge on any atom is -0.348 e. The molecule has 132 valence electrons. The molecule has 26 heavy (non-hydrogen) atoms. The fraction of sp³-hybridized carbons (Fsp3) is 0.182. The van der Waals surface area contributed by atoms with Crippen molar-refractivity contribution in [2.45, 2.75) is 26.9 Å². The minimum absolute atomic E-state index is 0.0835. The van der Waals surface area contributed by atoms with Crippen molar-refractivity contribution in [2.24, 2.45) is 0 Å². The van der Waals surface area contributed by atoms with Crippen molar-refractivity contribution in [3.63, 3.8) is 0 Å². The van der Waals surface area contributed by atoms with Gasteiger partial charge in [0.25, 0.3) is 0 Å². The quantitative estimate of drug-likeness (QED) is 0.681. The molecule has 0 saturated heterocycles. The molecule has 3 rings (SSSR count). The van der Waals surface area contributed by atoms with E-state index in [0.717, 1.165) is 22.4 Å². The molecule has 0 aliphatic rings. The highest BCUT2D eigenvalue weighted by molar-refractivity contribution is 5.88. The lowest BCUT2D eigenvalue weighted by atomic mass is 10.1. The topological polar surface area (TPSA) is 46.9 Å². The SMILES string of the molecule is CC(C)=CC(=O)NCc1cn(Cc2ccccc2)nc1-c1ccccc1. The predicted molar refractivity (Wildman–Crippen MR) is 104 cm³/mol. The van der Waals surface area contributed by atoms with Crippen LogP contribution in [0.5, 0.6) is 0 Å². The Morgan fingerprint density at radius 1 is 1.04 bits per heavy atom. The molecule has 0 aliphatic heterocycles. The van der Waals surface area contributed by atoms with Crippen LogP contribution in [0.15, 0.2) is 78.5 Å². The molecule has 1 amide bonds. The Hall–Kier alpha value is -3.14. The smallest absolute Gasteiger partial charge is 0.244 e. The van der Waals surface area contributed by atoms with Gasteiger partial charge in [-0.1, -0.05) is 66.2 Å². The third kappa shape index (κ3) is 4.70. The molecule has 0 saturated carbocycles. The number of nitrogens with one attached hydrogen (secondary N) is 1. The standard InChI is InChI=1S/C22H23N3O/c1-17(2)13-21(26)23-14-20-16-25(15-18-9-5-3-6-10-18)24-22(20)19-11-7-4-8-12-19/h3-13,16H,14-15H2,1-2H3,(H,23,26). The summed E-state index contributed by atoms with van der Waals surface area (Å²) in [5.74, 6) is -0.0835. The molecule has 4 nitrogen and oxygen atoms in total. The number of aromatic nitrogens is 2. The van der Waals surface area contributed by atoms with E-state index in [1.165, 1.54) is 5.56 Å². The van der Waals surface area contributed by atoms with Gasteiger partial charge in [0.1, 0.15) is 0 Å². The number of hydrogen-bond acceptors (Lipinski definition) is 2. The van der Waals surface area contributed by atoms with Gasteiger partial charge in [-0.05, 0) is 19.4 Å². The zero-order chi connectivity index (χ0) is 18.4. The van der Waals surface area contributed by atoms with Crippen LogP contribution in [-0.4, -0.2) is 15.7 Å². The zero-order valence-electron chi connectivity index (χ0n) is 15.1. The summed E-state index contributed by atoms with van der Waals surface area (Å²) in [4.78, 5) is 12.0. The number of amides is 1. The van der Waals surface area contributed by atoms with E-state index in [1.807, 2.05) is 73.3 Å². The molecule has 0 aliphatic carbocycles. The van der Waals surface area contributed by atoms with Crippen LogP contribution < -0.4 is 5.32 Å². The number of carbonyl (C=O) groups is 1. The van der Waals surface area contributed by atoms with Crippen LogP contribution in [0.4, 0.5) is 0 Å². The first-order chi connectivity index (χ1) is 12.6. The first-order valence-corrected chi connectivity index (χ1v) is 8.70. The van der Waals surface area contributed by atoms with Gasteiger partial charge in [-0.2, -0.15) is 5.10 Å². The number of rotatable bonds is 6. The summed E-state index contributed by atoms with van der Waals surface area (Å²) in [6.07, 6.45) is 3.62. The number of nitrogens with zero attached hydrogens (tertiary/aromatic N) is 2. The Labute approximate surface area is 154 Å². The molecule has 3 aromatic rings. The summed E-state index contributed by atoms with van der Waals surface area (Å²) in [6, 6.07) is 20.3. The minimum atomic E-state index is -0.0835. The van der Waals surface area contributed by atoms with Crippen molar-refractivity contribution < 1.29 is 4.79 Å². The van der Waals surface area contributed by atoms with Crippen molar-refractivity contribution in [2.75, 3.05) is 0 Å². The van der Waals surface area contributed by atoms with Crippen molar-refractivity contribution in [1.29, 1.82) is 0 Å². The summed E-state index contributed by atoms with van der Waals surface area (Å²) >= 11 is 0. The molecule has 0 atom stereocenters. The summed E-state index contributed by atoms with van der Waals surface area (Å²) in [7, 11) is 0. The third-order valence-electron chi connectivity index (χ3n) is 3.94. The van der Waals surface area contributed by atoms with Crippen LogP contribution in [0.25, 0.3) is 11.3 Å². The van der Waals surface area contributed by atoms with Gasteiger partial charge in [0, 0.05) is 29.9 Å². The lowest BCUT2D eigenvalue weighted by Gasteiger charge is -2.03. The van der Waals surface area contributed by atoms with Gasteiger partial charge < -0.3 is 5.32 Å². The summed E-state index contributed by atoms with van der Waals surface area (Å²) in [6.45, 7) is 4.96. The largest absolute Gasteiger partial charge is 0.348 e. The summed E-state index contributed by atoms with van der Waals surface area (Å²) in [5, 5.41) is 7.71. The van der Waals surface area contributed by atoms with Crippen LogP contribution >= 0.6 is 0 Å². The van der Waals surface area contributed by atoms with E-state index in [9.17, 15) is 4.79 Å². The number of allylic oxidation sites excluding steroid dienone is 1. The molecule has 0 radical (unpaired) electrons. The van der Waals surface area contributed by atoms with Gasteiger partial charge >= 0.3 is 0 Å². The van der Waals surface area contributed by atoms with Gasteiger partial charge in [0.05, 0.1) is 12.2 Å². The molecular weight excluding hydrogens is 322 g/mol. The van der Waals surface area contributed by atoms with Gasteiger partial charge in [-0.15, -0.1) is 0 Å². The van der Waals surface area contributed by atoms with E-state index < -0.39 is 0 Å². The molecule has 0 fully saturated rings. The van der Waals surface area contributed by atoms with Crippen LogP contribution in [0.3, 0.4) is 0 Å². The van der Waals surface area contributed by atoms with E-state index in [1.54, 1.807) is 6.08 Å². The highest BCUT2D eigenvalue weighted by atomic mass is 16.1. The van der Waals surface area contributed by atoms with Gasteiger partial charge in [0.2, 0.25) is 5.91 Å². The molecule has 0 spiro atoms. The molecule has 0 unspecified atom stereocenters. The first-order valence-electron chi connectivity index (χ1n) is 8.70. The lowest BCUT2D eigenvalue weighted by Crippen LogP contribution is -2.20. The predicted octanol–water partition coefficient (Wildman–Crippen LogP) is 4.18. The fourth-order valence-corrected chi connectivity index (χ4v) is 2.78. The second-order valence-electron chi connectivity index (χ2n) is 6.49. The van der Waals surface area contributed by atoms with Crippen molar-refractivity contribution in [3.8, 4) is 11.3 Å². The van der Waals surface area contributed by atoms with Crippen LogP contribution in [0.1, 0.15) is 25.0 Å². The van der Waals surface area contributed by atoms with Crippen LogP contribution in [0.2, 0.25) is 0 Å². The lowest BCUT2D eigenvalue weighted by molar-refractivity contribution is -0.116. The maximum Gasteiger partial charge on any atom is 0.244 e. The van der Waals surface area contributed by atoms with E-state index in [-0.39, 0.29) is 5.91 Å². The monoisotopic (exact) mass is 345 g/mol. The Balaban J connectivity index is 1.86. The molecule has 4 heteroatoms. The summed E-state index contributed by atoms with van der Waals surface area (Å²) < 4.78 is 1.93. The number of hydrogen-bond donors (Lipinski definition) is 1. The second-order valence-corrected chi connectivity index (χ2v) is 6.49. The van der Waals surface area contributed by atoms with Gasteiger partial charge in [0.15, 0.2) is 0 Å². The Kier molecular flexibility index (Phi) is 5.64. The van der Waals surface area contributed by atoms with E-state index in [4.69, 9.17) is 5.10 Å². The highest BCUT2D eigenvalue weighted by Gasteiger charge is 2.12. The van der Waals surface area contributed by atoms with Gasteiger partial charge in [-0.3, -0.25) is 9.48 Å². The molecule has 0 bridgehead atoms. The highest BCUT2D eigenvalue weighted by Crippen LogP contribution is 2.22.